The molecule has 0 bridgehead atoms. The molecule has 0 unspecified atom stereocenters. The first-order chi connectivity index (χ1) is 11.6. The van der Waals surface area contributed by atoms with Crippen molar-refractivity contribution < 1.29 is 4.74 Å². The number of benzene rings is 1. The normalized spacial score (nSPS) is 11.4. The van der Waals surface area contributed by atoms with Crippen molar-refractivity contribution in [3.05, 3.63) is 41.5 Å². The number of aliphatic imine (C=N–C) groups is 1. The van der Waals surface area contributed by atoms with Crippen LogP contribution in [0.25, 0.3) is 0 Å². The lowest BCUT2D eigenvalue weighted by molar-refractivity contribution is 0.317. The Morgan fingerprint density at radius 1 is 1.25 bits per heavy atom. The molecule has 0 amide bonds. The highest BCUT2D eigenvalue weighted by Crippen LogP contribution is 2.21. The lowest BCUT2D eigenvalue weighted by Gasteiger charge is -2.14. The summed E-state index contributed by atoms with van der Waals surface area (Å²) in [6.07, 6.45) is 1.53. The van der Waals surface area contributed by atoms with Gasteiger partial charge in [-0.05, 0) is 31.9 Å². The van der Waals surface area contributed by atoms with Crippen molar-refractivity contribution in [3.63, 3.8) is 0 Å². The molecule has 7 nitrogen and oxygen atoms in total. The number of rotatable bonds is 7. The lowest BCUT2D eigenvalue weighted by Crippen LogP contribution is -2.39. The van der Waals surface area contributed by atoms with E-state index < -0.39 is 0 Å². The average molecular weight is 330 g/mol. The van der Waals surface area contributed by atoms with Crippen LogP contribution in [0.5, 0.6) is 5.75 Å². The molecule has 0 aliphatic heterocycles. The maximum atomic E-state index is 5.89. The van der Waals surface area contributed by atoms with Gasteiger partial charge in [0.15, 0.2) is 5.96 Å². The first-order valence-corrected chi connectivity index (χ1v) is 8.16. The minimum absolute atomic E-state index is 0.476. The summed E-state index contributed by atoms with van der Waals surface area (Å²) in [5.41, 5.74) is 2.30. The molecule has 0 saturated heterocycles. The monoisotopic (exact) mass is 330 g/mol. The van der Waals surface area contributed by atoms with Crippen LogP contribution in [0.4, 0.5) is 0 Å². The van der Waals surface area contributed by atoms with Crippen molar-refractivity contribution in [2.24, 2.45) is 12.0 Å². The van der Waals surface area contributed by atoms with E-state index in [9.17, 15) is 0 Å². The molecule has 130 valence electrons. The Kier molecular flexibility index (Phi) is 6.60. The van der Waals surface area contributed by atoms with E-state index in [1.807, 2.05) is 20.0 Å². The molecule has 0 atom stereocenters. The molecule has 1 aromatic carbocycles. The van der Waals surface area contributed by atoms with Gasteiger partial charge >= 0.3 is 0 Å². The number of hydrogen-bond acceptors (Lipinski definition) is 4. The van der Waals surface area contributed by atoms with Crippen LogP contribution >= 0.6 is 0 Å². The van der Waals surface area contributed by atoms with E-state index in [1.54, 1.807) is 4.68 Å². The Labute approximate surface area is 143 Å². The summed E-state index contributed by atoms with van der Waals surface area (Å²) >= 11 is 0. The Morgan fingerprint density at radius 3 is 2.62 bits per heavy atom. The second-order valence-corrected chi connectivity index (χ2v) is 5.49. The fourth-order valence-corrected chi connectivity index (χ4v) is 2.30. The summed E-state index contributed by atoms with van der Waals surface area (Å²) < 4.78 is 7.61. The molecule has 0 aliphatic rings. The zero-order valence-electron chi connectivity index (χ0n) is 14.8. The van der Waals surface area contributed by atoms with Crippen LogP contribution in [0.15, 0.2) is 29.5 Å². The van der Waals surface area contributed by atoms with Crippen LogP contribution in [0.3, 0.4) is 0 Å². The third kappa shape index (κ3) is 4.97. The van der Waals surface area contributed by atoms with Gasteiger partial charge in [0.1, 0.15) is 31.1 Å². The first kappa shape index (κ1) is 17.8. The Balaban J connectivity index is 1.84. The third-order valence-electron chi connectivity index (χ3n) is 3.58. The van der Waals surface area contributed by atoms with Gasteiger partial charge in [-0.1, -0.05) is 18.2 Å². The van der Waals surface area contributed by atoms with Gasteiger partial charge in [0.25, 0.3) is 0 Å². The molecule has 2 rings (SSSR count). The Hall–Kier alpha value is -2.57. The summed E-state index contributed by atoms with van der Waals surface area (Å²) in [5.74, 6) is 2.52. The van der Waals surface area contributed by atoms with E-state index >= 15 is 0 Å². The highest BCUT2D eigenvalue weighted by Gasteiger charge is 2.04. The molecule has 2 aromatic rings. The summed E-state index contributed by atoms with van der Waals surface area (Å²) in [4.78, 5) is 8.68. The van der Waals surface area contributed by atoms with Gasteiger partial charge in [0.05, 0.1) is 6.54 Å². The Bertz CT molecular complexity index is 659. The van der Waals surface area contributed by atoms with Crippen LogP contribution in [0, 0.1) is 13.8 Å². The summed E-state index contributed by atoms with van der Waals surface area (Å²) in [6.45, 7) is 8.65. The smallest absolute Gasteiger partial charge is 0.191 e. The molecule has 1 heterocycles. The molecular formula is C17H26N6O. The van der Waals surface area contributed by atoms with E-state index in [1.165, 1.54) is 6.33 Å². The summed E-state index contributed by atoms with van der Waals surface area (Å²) in [7, 11) is 1.86. The van der Waals surface area contributed by atoms with Crippen LogP contribution in [0.1, 0.15) is 23.9 Å². The molecule has 0 aliphatic carbocycles. The van der Waals surface area contributed by atoms with Crippen molar-refractivity contribution in [3.8, 4) is 5.75 Å². The van der Waals surface area contributed by atoms with Gasteiger partial charge in [-0.2, -0.15) is 5.10 Å². The van der Waals surface area contributed by atoms with E-state index in [2.05, 4.69) is 51.7 Å². The van der Waals surface area contributed by atoms with Crippen molar-refractivity contribution in [1.29, 1.82) is 0 Å². The van der Waals surface area contributed by atoms with Gasteiger partial charge in [-0.15, -0.1) is 0 Å². The lowest BCUT2D eigenvalue weighted by atomic mass is 10.1. The predicted octanol–water partition coefficient (Wildman–Crippen LogP) is 1.57. The van der Waals surface area contributed by atoms with Gasteiger partial charge in [0.2, 0.25) is 0 Å². The number of nitrogens with one attached hydrogen (secondary N) is 2. The topological polar surface area (TPSA) is 76.4 Å². The second-order valence-electron chi connectivity index (χ2n) is 5.49. The number of ether oxygens (including phenoxy) is 1. The highest BCUT2D eigenvalue weighted by molar-refractivity contribution is 5.79. The van der Waals surface area contributed by atoms with Crippen molar-refractivity contribution in [1.82, 2.24) is 25.4 Å². The number of aryl methyl sites for hydroxylation is 3. The molecule has 2 N–H and O–H groups in total. The average Bonchev–Trinajstić information content (AvgIpc) is 2.96. The summed E-state index contributed by atoms with van der Waals surface area (Å²) in [5, 5.41) is 10.5. The maximum absolute atomic E-state index is 5.89. The second kappa shape index (κ2) is 8.90. The number of hydrogen-bond donors (Lipinski definition) is 2. The zero-order valence-corrected chi connectivity index (χ0v) is 14.8. The molecule has 7 heteroatoms. The fraction of sp³-hybridized carbons (Fsp3) is 0.471. The minimum atomic E-state index is 0.476. The molecule has 0 fully saturated rings. The van der Waals surface area contributed by atoms with Crippen LogP contribution in [0.2, 0.25) is 0 Å². The van der Waals surface area contributed by atoms with Crippen LogP contribution < -0.4 is 15.4 Å². The molecular weight excluding hydrogens is 304 g/mol. The van der Waals surface area contributed by atoms with Crippen molar-refractivity contribution >= 4 is 5.96 Å². The fourth-order valence-electron chi connectivity index (χ4n) is 2.30. The van der Waals surface area contributed by atoms with Gasteiger partial charge in [-0.25, -0.2) is 9.98 Å². The number of para-hydroxylation sites is 1. The molecule has 1 aromatic heterocycles. The maximum Gasteiger partial charge on any atom is 0.191 e. The van der Waals surface area contributed by atoms with Gasteiger partial charge in [-0.3, -0.25) is 4.68 Å². The van der Waals surface area contributed by atoms with E-state index in [0.29, 0.717) is 19.7 Å². The van der Waals surface area contributed by atoms with Crippen molar-refractivity contribution in [2.45, 2.75) is 27.3 Å². The number of guanidine groups is 1. The number of nitrogens with zero attached hydrogens (tertiary/aromatic N) is 4. The largest absolute Gasteiger partial charge is 0.491 e. The molecule has 0 radical (unpaired) electrons. The zero-order chi connectivity index (χ0) is 17.4. The standard InChI is InChI=1S/C17H26N6O/c1-5-18-17(20-11-15-21-12-22-23(15)4)19-9-10-24-16-13(2)7-6-8-14(16)3/h6-8,12H,5,9-11H2,1-4H3,(H2,18,19,20). The van der Waals surface area contributed by atoms with Gasteiger partial charge in [0, 0.05) is 13.6 Å². The van der Waals surface area contributed by atoms with Crippen molar-refractivity contribution in [2.75, 3.05) is 19.7 Å². The van der Waals surface area contributed by atoms with E-state index in [-0.39, 0.29) is 0 Å². The Morgan fingerprint density at radius 2 is 2.00 bits per heavy atom. The van der Waals surface area contributed by atoms with Crippen LogP contribution in [-0.4, -0.2) is 40.4 Å². The summed E-state index contributed by atoms with van der Waals surface area (Å²) in [6, 6.07) is 6.16. The molecule has 0 spiro atoms. The third-order valence-corrected chi connectivity index (χ3v) is 3.58. The number of aromatic nitrogens is 3. The van der Waals surface area contributed by atoms with Gasteiger partial charge < -0.3 is 15.4 Å². The first-order valence-electron chi connectivity index (χ1n) is 8.16. The quantitative estimate of drug-likeness (QED) is 0.458. The molecule has 0 saturated carbocycles. The van der Waals surface area contributed by atoms with E-state index in [0.717, 1.165) is 35.2 Å². The highest BCUT2D eigenvalue weighted by atomic mass is 16.5. The predicted molar refractivity (Wildman–Crippen MR) is 95.2 cm³/mol. The molecule has 24 heavy (non-hydrogen) atoms. The minimum Gasteiger partial charge on any atom is -0.491 e. The SMILES string of the molecule is CCNC(=NCc1ncnn1C)NCCOc1c(C)cccc1C. The van der Waals surface area contributed by atoms with Crippen LogP contribution in [-0.2, 0) is 13.6 Å². The van der Waals surface area contributed by atoms with E-state index in [4.69, 9.17) is 4.74 Å².